The van der Waals surface area contributed by atoms with Crippen molar-refractivity contribution < 1.29 is 0 Å². The SMILES string of the molecule is C[Si]1(C)c2ccccc2-c2cc(Cl)cc(Br)c21. The zero-order chi connectivity index (χ0) is 12.2. The second-order valence-electron chi connectivity index (χ2n) is 4.98. The molecular formula is C14H12BrClSi. The normalized spacial score (nSPS) is 15.5. The number of fused-ring (bicyclic) bond motifs is 3. The molecule has 2 aromatic carbocycles. The topological polar surface area (TPSA) is 0 Å². The van der Waals surface area contributed by atoms with E-state index in [1.165, 1.54) is 21.5 Å². The van der Waals surface area contributed by atoms with Gasteiger partial charge in [-0.2, -0.15) is 0 Å². The van der Waals surface area contributed by atoms with Gasteiger partial charge in [0, 0.05) is 9.50 Å². The van der Waals surface area contributed by atoms with Crippen LogP contribution in [0.25, 0.3) is 11.1 Å². The number of rotatable bonds is 0. The summed E-state index contributed by atoms with van der Waals surface area (Å²) in [5, 5.41) is 3.79. The molecule has 0 bridgehead atoms. The molecule has 3 rings (SSSR count). The first-order valence-corrected chi connectivity index (χ1v) is 9.78. The lowest BCUT2D eigenvalue weighted by molar-refractivity contribution is 1.67. The third kappa shape index (κ3) is 1.55. The summed E-state index contributed by atoms with van der Waals surface area (Å²) in [5.41, 5.74) is 2.68. The molecule has 2 aromatic rings. The van der Waals surface area contributed by atoms with Gasteiger partial charge in [-0.15, -0.1) is 0 Å². The van der Waals surface area contributed by atoms with E-state index in [1.807, 2.05) is 6.07 Å². The van der Waals surface area contributed by atoms with Crippen LogP contribution in [0.1, 0.15) is 0 Å². The number of hydrogen-bond acceptors (Lipinski definition) is 0. The molecule has 0 saturated heterocycles. The molecule has 0 aromatic heterocycles. The molecule has 0 spiro atoms. The van der Waals surface area contributed by atoms with E-state index in [9.17, 15) is 0 Å². The molecule has 86 valence electrons. The Balaban J connectivity index is 2.44. The van der Waals surface area contributed by atoms with Gasteiger partial charge in [-0.25, -0.2) is 0 Å². The van der Waals surface area contributed by atoms with E-state index in [2.05, 4.69) is 59.4 Å². The molecule has 3 heteroatoms. The average Bonchev–Trinajstić information content (AvgIpc) is 2.49. The summed E-state index contributed by atoms with van der Waals surface area (Å²) < 4.78 is 1.16. The third-order valence-electron chi connectivity index (χ3n) is 3.57. The van der Waals surface area contributed by atoms with Crippen molar-refractivity contribution >= 4 is 46.0 Å². The standard InChI is InChI=1S/C14H12BrClSi/c1-17(2)13-6-4-3-5-10(13)11-7-9(16)8-12(15)14(11)17/h3-8H,1-2H3. The predicted octanol–water partition coefficient (Wildman–Crippen LogP) is 3.91. The van der Waals surface area contributed by atoms with Gasteiger partial charge in [-0.1, -0.05) is 64.9 Å². The fourth-order valence-electron chi connectivity index (χ4n) is 2.82. The highest BCUT2D eigenvalue weighted by Crippen LogP contribution is 2.33. The highest BCUT2D eigenvalue weighted by atomic mass is 79.9. The van der Waals surface area contributed by atoms with Gasteiger partial charge in [0.1, 0.15) is 8.07 Å². The maximum Gasteiger partial charge on any atom is 0.115 e. The molecule has 0 unspecified atom stereocenters. The summed E-state index contributed by atoms with van der Waals surface area (Å²) in [7, 11) is -1.55. The highest BCUT2D eigenvalue weighted by molar-refractivity contribution is 9.10. The zero-order valence-corrected chi connectivity index (χ0v) is 13.1. The summed E-state index contributed by atoms with van der Waals surface area (Å²) in [4.78, 5) is 0. The lowest BCUT2D eigenvalue weighted by Gasteiger charge is -2.20. The van der Waals surface area contributed by atoms with Crippen LogP contribution < -0.4 is 10.4 Å². The monoisotopic (exact) mass is 322 g/mol. The van der Waals surface area contributed by atoms with Crippen LogP contribution in [-0.2, 0) is 0 Å². The van der Waals surface area contributed by atoms with Crippen LogP contribution in [0.15, 0.2) is 40.9 Å². The maximum atomic E-state index is 6.17. The molecule has 0 saturated carbocycles. The molecule has 0 radical (unpaired) electrons. The Labute approximate surface area is 116 Å². The molecule has 1 heterocycles. The molecule has 17 heavy (non-hydrogen) atoms. The number of halogens is 2. The Morgan fingerprint density at radius 2 is 1.76 bits per heavy atom. The molecule has 0 aliphatic carbocycles. The first kappa shape index (κ1) is 11.5. The van der Waals surface area contributed by atoms with Gasteiger partial charge in [0.15, 0.2) is 0 Å². The molecule has 1 aliphatic rings. The molecule has 0 nitrogen and oxygen atoms in total. The van der Waals surface area contributed by atoms with E-state index in [0.29, 0.717) is 0 Å². The summed E-state index contributed by atoms with van der Waals surface area (Å²) in [6.07, 6.45) is 0. The minimum absolute atomic E-state index is 0.803. The average molecular weight is 324 g/mol. The second kappa shape index (κ2) is 3.71. The van der Waals surface area contributed by atoms with E-state index in [-0.39, 0.29) is 0 Å². The quantitative estimate of drug-likeness (QED) is 0.645. The molecule has 0 fully saturated rings. The van der Waals surface area contributed by atoms with Crippen LogP contribution in [0.4, 0.5) is 0 Å². The molecule has 0 N–H and O–H groups in total. The Kier molecular flexibility index (Phi) is 2.51. The summed E-state index contributed by atoms with van der Waals surface area (Å²) in [5.74, 6) is 0. The number of hydrogen-bond donors (Lipinski definition) is 0. The Morgan fingerprint density at radius 3 is 2.53 bits per heavy atom. The van der Waals surface area contributed by atoms with E-state index in [4.69, 9.17) is 11.6 Å². The predicted molar refractivity (Wildman–Crippen MR) is 81.3 cm³/mol. The largest absolute Gasteiger partial charge is 0.115 e. The second-order valence-corrected chi connectivity index (χ2v) is 10.6. The Bertz CT molecular complexity index is 620. The summed E-state index contributed by atoms with van der Waals surface area (Å²) in [6, 6.07) is 12.8. The van der Waals surface area contributed by atoms with Gasteiger partial charge in [0.25, 0.3) is 0 Å². The van der Waals surface area contributed by atoms with Crippen LogP contribution in [0.2, 0.25) is 18.1 Å². The Morgan fingerprint density at radius 1 is 1.06 bits per heavy atom. The number of benzene rings is 2. The first-order chi connectivity index (χ1) is 8.01. The van der Waals surface area contributed by atoms with Gasteiger partial charge in [0.2, 0.25) is 0 Å². The van der Waals surface area contributed by atoms with E-state index in [1.54, 1.807) is 0 Å². The van der Waals surface area contributed by atoms with Crippen molar-refractivity contribution in [3.05, 3.63) is 45.9 Å². The van der Waals surface area contributed by atoms with Crippen molar-refractivity contribution in [2.24, 2.45) is 0 Å². The first-order valence-electron chi connectivity index (χ1n) is 5.61. The lowest BCUT2D eigenvalue weighted by atomic mass is 10.1. The van der Waals surface area contributed by atoms with Crippen LogP contribution >= 0.6 is 27.5 Å². The van der Waals surface area contributed by atoms with Gasteiger partial charge >= 0.3 is 0 Å². The smallest absolute Gasteiger partial charge is 0.0843 e. The van der Waals surface area contributed by atoms with E-state index < -0.39 is 8.07 Å². The van der Waals surface area contributed by atoms with Crippen molar-refractivity contribution in [1.82, 2.24) is 0 Å². The van der Waals surface area contributed by atoms with Crippen LogP contribution in [0.5, 0.6) is 0 Å². The van der Waals surface area contributed by atoms with E-state index >= 15 is 0 Å². The minimum Gasteiger partial charge on any atom is -0.0843 e. The summed E-state index contributed by atoms with van der Waals surface area (Å²) in [6.45, 7) is 4.80. The van der Waals surface area contributed by atoms with Gasteiger partial charge < -0.3 is 0 Å². The highest BCUT2D eigenvalue weighted by Gasteiger charge is 2.38. The van der Waals surface area contributed by atoms with Crippen LogP contribution in [-0.4, -0.2) is 8.07 Å². The minimum atomic E-state index is -1.55. The van der Waals surface area contributed by atoms with Crippen molar-refractivity contribution in [3.8, 4) is 11.1 Å². The Hall–Kier alpha value is -0.573. The fourth-order valence-corrected chi connectivity index (χ4v) is 8.34. The molecular weight excluding hydrogens is 312 g/mol. The van der Waals surface area contributed by atoms with Crippen LogP contribution in [0, 0.1) is 0 Å². The fraction of sp³-hybridized carbons (Fsp3) is 0.143. The molecule has 0 amide bonds. The van der Waals surface area contributed by atoms with Crippen molar-refractivity contribution in [1.29, 1.82) is 0 Å². The van der Waals surface area contributed by atoms with E-state index in [0.717, 1.165) is 9.50 Å². The maximum absolute atomic E-state index is 6.17. The summed E-state index contributed by atoms with van der Waals surface area (Å²) >= 11 is 9.86. The third-order valence-corrected chi connectivity index (χ3v) is 8.35. The van der Waals surface area contributed by atoms with Crippen molar-refractivity contribution in [2.45, 2.75) is 13.1 Å². The zero-order valence-electron chi connectivity index (χ0n) is 9.72. The van der Waals surface area contributed by atoms with Gasteiger partial charge in [-0.3, -0.25) is 0 Å². The lowest BCUT2D eigenvalue weighted by Crippen LogP contribution is -2.49. The van der Waals surface area contributed by atoms with Crippen LogP contribution in [0.3, 0.4) is 0 Å². The van der Waals surface area contributed by atoms with Crippen molar-refractivity contribution in [2.75, 3.05) is 0 Å². The van der Waals surface area contributed by atoms with Crippen molar-refractivity contribution in [3.63, 3.8) is 0 Å². The molecule has 1 aliphatic heterocycles. The van der Waals surface area contributed by atoms with Gasteiger partial charge in [-0.05, 0) is 33.6 Å². The molecule has 0 atom stereocenters. The van der Waals surface area contributed by atoms with Gasteiger partial charge in [0.05, 0.1) is 0 Å².